The van der Waals surface area contributed by atoms with Crippen LogP contribution in [0.3, 0.4) is 0 Å². The number of likely N-dealkylation sites (tertiary alicyclic amines) is 1. The first kappa shape index (κ1) is 20.7. The van der Waals surface area contributed by atoms with E-state index < -0.39 is 11.6 Å². The Kier molecular flexibility index (Phi) is 6.04. The average molecular weight is 408 g/mol. The lowest BCUT2D eigenvalue weighted by atomic mass is 9.98. The Balaban J connectivity index is 1.77. The van der Waals surface area contributed by atoms with Crippen LogP contribution in [0.2, 0.25) is 5.02 Å². The van der Waals surface area contributed by atoms with Crippen LogP contribution in [0.15, 0.2) is 6.07 Å². The summed E-state index contributed by atoms with van der Waals surface area (Å²) in [5, 5.41) is 9.08. The summed E-state index contributed by atoms with van der Waals surface area (Å²) in [6.45, 7) is 5.91. The van der Waals surface area contributed by atoms with E-state index in [0.717, 1.165) is 12.1 Å². The first-order chi connectivity index (χ1) is 13.3. The molecule has 3 rings (SSSR count). The summed E-state index contributed by atoms with van der Waals surface area (Å²) in [6, 6.07) is 3.67. The SMILES string of the molecule is COC1CN(CCC#N)CCC1OC(=O)c1cc(Cl)c(N)c2c1OC(C)(C)C2. The van der Waals surface area contributed by atoms with E-state index in [2.05, 4.69) is 11.0 Å². The largest absolute Gasteiger partial charge is 0.486 e. The van der Waals surface area contributed by atoms with Crippen molar-refractivity contribution in [1.82, 2.24) is 4.90 Å². The first-order valence-corrected chi connectivity index (χ1v) is 9.76. The topological polar surface area (TPSA) is 97.8 Å². The zero-order valence-corrected chi connectivity index (χ0v) is 17.2. The molecule has 8 heteroatoms. The van der Waals surface area contributed by atoms with Crippen molar-refractivity contribution in [3.05, 3.63) is 22.2 Å². The minimum Gasteiger partial charge on any atom is -0.486 e. The number of carbonyl (C=O) groups is 1. The number of rotatable bonds is 5. The fourth-order valence-electron chi connectivity index (χ4n) is 3.81. The number of hydrogen-bond acceptors (Lipinski definition) is 7. The maximum atomic E-state index is 12.9. The number of piperidine rings is 1. The van der Waals surface area contributed by atoms with Crippen LogP contribution >= 0.6 is 11.6 Å². The van der Waals surface area contributed by atoms with E-state index in [4.69, 9.17) is 36.8 Å². The van der Waals surface area contributed by atoms with Crippen LogP contribution in [0.25, 0.3) is 0 Å². The first-order valence-electron chi connectivity index (χ1n) is 9.38. The summed E-state index contributed by atoms with van der Waals surface area (Å²) in [5.74, 6) is -0.0364. The van der Waals surface area contributed by atoms with Crippen molar-refractivity contribution in [1.29, 1.82) is 5.26 Å². The quantitative estimate of drug-likeness (QED) is 0.591. The van der Waals surface area contributed by atoms with Crippen molar-refractivity contribution in [2.75, 3.05) is 32.5 Å². The molecule has 0 bridgehead atoms. The molecular formula is C20H26ClN3O4. The Morgan fingerprint density at radius 3 is 2.93 bits per heavy atom. The summed E-state index contributed by atoms with van der Waals surface area (Å²) in [5.41, 5.74) is 7.12. The molecule has 2 heterocycles. The molecule has 1 aromatic rings. The minimum absolute atomic E-state index is 0.258. The number of benzene rings is 1. The second-order valence-corrected chi connectivity index (χ2v) is 8.29. The van der Waals surface area contributed by atoms with E-state index >= 15 is 0 Å². The van der Waals surface area contributed by atoms with Crippen LogP contribution < -0.4 is 10.5 Å². The van der Waals surface area contributed by atoms with Crippen molar-refractivity contribution in [2.24, 2.45) is 0 Å². The van der Waals surface area contributed by atoms with Crippen molar-refractivity contribution in [3.63, 3.8) is 0 Å². The van der Waals surface area contributed by atoms with Gasteiger partial charge >= 0.3 is 5.97 Å². The lowest BCUT2D eigenvalue weighted by molar-refractivity contribution is -0.0726. The van der Waals surface area contributed by atoms with E-state index in [0.29, 0.717) is 54.4 Å². The third-order valence-corrected chi connectivity index (χ3v) is 5.57. The number of methoxy groups -OCH3 is 1. The van der Waals surface area contributed by atoms with Crippen molar-refractivity contribution in [2.45, 2.75) is 50.9 Å². The number of nitrogens with two attached hydrogens (primary N) is 1. The molecule has 0 spiro atoms. The van der Waals surface area contributed by atoms with Crippen LogP contribution in [0.1, 0.15) is 42.6 Å². The number of nitrogen functional groups attached to an aromatic ring is 1. The molecular weight excluding hydrogens is 382 g/mol. The van der Waals surface area contributed by atoms with Gasteiger partial charge in [0.05, 0.1) is 16.8 Å². The van der Waals surface area contributed by atoms with Gasteiger partial charge in [-0.2, -0.15) is 5.26 Å². The average Bonchev–Trinajstić information content (AvgIpc) is 2.99. The summed E-state index contributed by atoms with van der Waals surface area (Å²) in [6.07, 6.45) is 1.03. The Bertz CT molecular complexity index is 806. The molecule has 2 aliphatic rings. The number of nitriles is 1. The lowest BCUT2D eigenvalue weighted by Gasteiger charge is -2.36. The van der Waals surface area contributed by atoms with Gasteiger partial charge in [-0.15, -0.1) is 0 Å². The third kappa shape index (κ3) is 4.19. The van der Waals surface area contributed by atoms with Crippen molar-refractivity contribution >= 4 is 23.3 Å². The van der Waals surface area contributed by atoms with Crippen LogP contribution in [0.4, 0.5) is 5.69 Å². The van der Waals surface area contributed by atoms with Crippen LogP contribution in [-0.4, -0.2) is 55.4 Å². The van der Waals surface area contributed by atoms with Gasteiger partial charge in [-0.3, -0.25) is 4.90 Å². The zero-order chi connectivity index (χ0) is 20.5. The molecule has 1 saturated heterocycles. The van der Waals surface area contributed by atoms with Crippen molar-refractivity contribution < 1.29 is 19.0 Å². The smallest absolute Gasteiger partial charge is 0.342 e. The molecule has 0 saturated carbocycles. The van der Waals surface area contributed by atoms with Gasteiger partial charge in [-0.1, -0.05) is 11.6 Å². The number of nitrogens with zero attached hydrogens (tertiary/aromatic N) is 2. The predicted octanol–water partition coefficient (Wildman–Crippen LogP) is 2.80. The van der Waals surface area contributed by atoms with E-state index in [1.165, 1.54) is 6.07 Å². The van der Waals surface area contributed by atoms with Gasteiger partial charge in [-0.05, 0) is 26.3 Å². The van der Waals surface area contributed by atoms with E-state index in [-0.39, 0.29) is 12.2 Å². The standard InChI is InChI=1S/C20H26ClN3O4/c1-20(2)10-13-17(23)14(21)9-12(18(13)28-20)19(25)27-15-5-8-24(7-4-6-22)11-16(15)26-3/h9,15-16H,4-5,7-8,10-11,23H2,1-3H3. The molecule has 2 atom stereocenters. The number of carbonyl (C=O) groups excluding carboxylic acids is 1. The number of anilines is 1. The molecule has 28 heavy (non-hydrogen) atoms. The molecule has 2 N–H and O–H groups in total. The van der Waals surface area contributed by atoms with Crippen LogP contribution in [0.5, 0.6) is 5.75 Å². The number of ether oxygens (including phenoxy) is 3. The molecule has 0 radical (unpaired) electrons. The second kappa shape index (κ2) is 8.16. The highest BCUT2D eigenvalue weighted by atomic mass is 35.5. The molecule has 2 aliphatic heterocycles. The summed E-state index contributed by atoms with van der Waals surface area (Å²) in [7, 11) is 1.60. The fraction of sp³-hybridized carbons (Fsp3) is 0.600. The number of fused-ring (bicyclic) bond motifs is 1. The third-order valence-electron chi connectivity index (χ3n) is 5.26. The Morgan fingerprint density at radius 2 is 2.25 bits per heavy atom. The molecule has 0 aromatic heterocycles. The Hall–Kier alpha value is -2.01. The predicted molar refractivity (Wildman–Crippen MR) is 106 cm³/mol. The van der Waals surface area contributed by atoms with Gasteiger partial charge in [0, 0.05) is 45.1 Å². The number of hydrogen-bond donors (Lipinski definition) is 1. The van der Waals surface area contributed by atoms with E-state index in [9.17, 15) is 4.79 Å². The highest BCUT2D eigenvalue weighted by molar-refractivity contribution is 6.33. The van der Waals surface area contributed by atoms with Crippen molar-refractivity contribution in [3.8, 4) is 11.8 Å². The monoisotopic (exact) mass is 407 g/mol. The lowest BCUT2D eigenvalue weighted by Crippen LogP contribution is -2.49. The minimum atomic E-state index is -0.492. The fourth-order valence-corrected chi connectivity index (χ4v) is 4.04. The maximum Gasteiger partial charge on any atom is 0.342 e. The molecule has 152 valence electrons. The Labute approximate surface area is 170 Å². The highest BCUT2D eigenvalue weighted by Crippen LogP contribution is 2.44. The normalized spacial score (nSPS) is 23.5. The number of esters is 1. The molecule has 1 aromatic carbocycles. The molecule has 1 fully saturated rings. The van der Waals surface area contributed by atoms with Gasteiger partial charge in [0.2, 0.25) is 0 Å². The number of halogens is 1. The summed E-state index contributed by atoms with van der Waals surface area (Å²) >= 11 is 6.25. The van der Waals surface area contributed by atoms with Gasteiger partial charge < -0.3 is 19.9 Å². The Morgan fingerprint density at radius 1 is 1.50 bits per heavy atom. The van der Waals surface area contributed by atoms with Gasteiger partial charge in [-0.25, -0.2) is 4.79 Å². The van der Waals surface area contributed by atoms with E-state index in [1.54, 1.807) is 7.11 Å². The zero-order valence-electron chi connectivity index (χ0n) is 16.5. The second-order valence-electron chi connectivity index (χ2n) is 7.88. The molecule has 0 aliphatic carbocycles. The summed E-state index contributed by atoms with van der Waals surface area (Å²) < 4.78 is 17.3. The highest BCUT2D eigenvalue weighted by Gasteiger charge is 2.38. The molecule has 0 amide bonds. The van der Waals surface area contributed by atoms with Crippen LogP contribution in [-0.2, 0) is 15.9 Å². The molecule has 2 unspecified atom stereocenters. The van der Waals surface area contributed by atoms with Gasteiger partial charge in [0.25, 0.3) is 0 Å². The van der Waals surface area contributed by atoms with Crippen LogP contribution in [0, 0.1) is 11.3 Å². The van der Waals surface area contributed by atoms with Gasteiger partial charge in [0.1, 0.15) is 29.1 Å². The molecule has 7 nitrogen and oxygen atoms in total. The summed E-state index contributed by atoms with van der Waals surface area (Å²) in [4.78, 5) is 15.1. The van der Waals surface area contributed by atoms with Gasteiger partial charge in [0.15, 0.2) is 0 Å². The maximum absolute atomic E-state index is 12.9. The van der Waals surface area contributed by atoms with E-state index in [1.807, 2.05) is 13.8 Å².